The van der Waals surface area contributed by atoms with Gasteiger partial charge in [0.1, 0.15) is 0 Å². The molecule has 4 aromatic rings. The Balaban J connectivity index is 1.27. The molecule has 2 heterocycles. The average molecular weight is 469 g/mol. The number of carbonyl (C=O) groups excluding carboxylic acids is 2. The molecule has 29 heavy (non-hydrogen) atoms. The molecule has 0 saturated carbocycles. The molecule has 0 aliphatic rings. The van der Waals surface area contributed by atoms with Crippen LogP contribution in [-0.2, 0) is 4.79 Å². The van der Waals surface area contributed by atoms with Crippen molar-refractivity contribution < 1.29 is 9.59 Å². The second-order valence-corrected chi connectivity index (χ2v) is 8.15. The highest BCUT2D eigenvalue weighted by atomic mass is 79.9. The zero-order valence-electron chi connectivity index (χ0n) is 15.3. The van der Waals surface area contributed by atoms with Gasteiger partial charge >= 0.3 is 0 Å². The van der Waals surface area contributed by atoms with Crippen LogP contribution in [-0.4, -0.2) is 27.7 Å². The Bertz CT molecular complexity index is 1120. The normalized spacial score (nSPS) is 10.8. The lowest BCUT2D eigenvalue weighted by molar-refractivity contribution is -0.116. The third-order valence-corrected chi connectivity index (χ3v) is 5.60. The summed E-state index contributed by atoms with van der Waals surface area (Å²) in [5.74, 6) is -0.356. The molecule has 0 radical (unpaired) electrons. The summed E-state index contributed by atoms with van der Waals surface area (Å²) in [6.45, 7) is 0.268. The van der Waals surface area contributed by atoms with E-state index in [1.807, 2.05) is 46.4 Å². The van der Waals surface area contributed by atoms with Gasteiger partial charge in [0.2, 0.25) is 5.91 Å². The van der Waals surface area contributed by atoms with E-state index in [4.69, 9.17) is 0 Å². The molecule has 2 aromatic carbocycles. The third-order valence-electron chi connectivity index (χ3n) is 4.30. The summed E-state index contributed by atoms with van der Waals surface area (Å²) in [7, 11) is 0. The second-order valence-electron chi connectivity index (χ2n) is 6.36. The summed E-state index contributed by atoms with van der Waals surface area (Å²) in [5.41, 5.74) is 3.15. The minimum atomic E-state index is -0.199. The van der Waals surface area contributed by atoms with Crippen molar-refractivity contribution in [2.45, 2.75) is 6.42 Å². The van der Waals surface area contributed by atoms with Crippen LogP contribution in [0.25, 0.3) is 16.2 Å². The predicted octanol–water partition coefficient (Wildman–Crippen LogP) is 4.58. The molecule has 8 heteroatoms. The van der Waals surface area contributed by atoms with Crippen molar-refractivity contribution in [3.63, 3.8) is 0 Å². The van der Waals surface area contributed by atoms with Gasteiger partial charge in [0.05, 0.1) is 5.69 Å². The molecule has 0 fully saturated rings. The van der Waals surface area contributed by atoms with Gasteiger partial charge in [-0.2, -0.15) is 0 Å². The number of aromatic nitrogens is 2. The van der Waals surface area contributed by atoms with Gasteiger partial charge < -0.3 is 10.6 Å². The molecule has 4 rings (SSSR count). The molecular weight excluding hydrogens is 452 g/mol. The van der Waals surface area contributed by atoms with Crippen LogP contribution in [0.2, 0.25) is 0 Å². The highest BCUT2D eigenvalue weighted by molar-refractivity contribution is 9.10. The Hall–Kier alpha value is -2.97. The molecule has 0 unspecified atom stereocenters. The molecular formula is C21H17BrN4O2S. The number of amides is 2. The summed E-state index contributed by atoms with van der Waals surface area (Å²) in [5, 5.41) is 7.59. The van der Waals surface area contributed by atoms with E-state index >= 15 is 0 Å². The zero-order chi connectivity index (χ0) is 20.2. The Labute approximate surface area is 179 Å². The van der Waals surface area contributed by atoms with Crippen molar-refractivity contribution in [2.75, 3.05) is 11.9 Å². The summed E-state index contributed by atoms with van der Waals surface area (Å²) >= 11 is 4.92. The fraction of sp³-hybridized carbons (Fsp3) is 0.0952. The number of hydrogen-bond acceptors (Lipinski definition) is 4. The van der Waals surface area contributed by atoms with E-state index < -0.39 is 0 Å². The number of nitrogens with zero attached hydrogens (tertiary/aromatic N) is 2. The highest BCUT2D eigenvalue weighted by Crippen LogP contribution is 2.23. The van der Waals surface area contributed by atoms with Crippen molar-refractivity contribution in [2.24, 2.45) is 0 Å². The fourth-order valence-electron chi connectivity index (χ4n) is 2.81. The zero-order valence-corrected chi connectivity index (χ0v) is 17.7. The Morgan fingerprint density at radius 2 is 1.83 bits per heavy atom. The molecule has 2 aromatic heterocycles. The maximum atomic E-state index is 12.1. The topological polar surface area (TPSA) is 75.5 Å². The molecule has 0 atom stereocenters. The molecule has 146 valence electrons. The lowest BCUT2D eigenvalue weighted by atomic mass is 10.1. The standard InChI is InChI=1S/C21H17BrN4O2S/c22-16-5-1-15(2-6-16)20(28)23-10-9-19(27)24-17-7-3-14(4-8-17)18-13-26-11-12-29-21(26)25-18/h1-8,11-13H,9-10H2,(H,23,28)(H,24,27). The second kappa shape index (κ2) is 8.59. The molecule has 0 spiro atoms. The van der Waals surface area contributed by atoms with Crippen LogP contribution in [0.15, 0.2) is 70.8 Å². The minimum absolute atomic E-state index is 0.156. The van der Waals surface area contributed by atoms with E-state index in [-0.39, 0.29) is 24.8 Å². The van der Waals surface area contributed by atoms with Gasteiger partial charge in [-0.25, -0.2) is 4.98 Å². The largest absolute Gasteiger partial charge is 0.352 e. The van der Waals surface area contributed by atoms with E-state index in [0.717, 1.165) is 20.7 Å². The van der Waals surface area contributed by atoms with Crippen molar-refractivity contribution in [3.8, 4) is 11.3 Å². The third kappa shape index (κ3) is 4.72. The van der Waals surface area contributed by atoms with Crippen LogP contribution in [0.3, 0.4) is 0 Å². The first-order valence-corrected chi connectivity index (χ1v) is 10.6. The van der Waals surface area contributed by atoms with E-state index in [2.05, 4.69) is 31.5 Å². The summed E-state index contributed by atoms with van der Waals surface area (Å²) < 4.78 is 2.89. The van der Waals surface area contributed by atoms with Gasteiger partial charge in [0, 0.05) is 52.0 Å². The average Bonchev–Trinajstić information content (AvgIpc) is 3.31. The first-order chi connectivity index (χ1) is 14.1. The van der Waals surface area contributed by atoms with E-state index in [9.17, 15) is 9.59 Å². The van der Waals surface area contributed by atoms with Crippen LogP contribution in [0.1, 0.15) is 16.8 Å². The van der Waals surface area contributed by atoms with Gasteiger partial charge in [0.15, 0.2) is 4.96 Å². The number of fused-ring (bicyclic) bond motifs is 1. The van der Waals surface area contributed by atoms with Crippen molar-refractivity contribution in [1.29, 1.82) is 0 Å². The smallest absolute Gasteiger partial charge is 0.251 e. The SMILES string of the molecule is O=C(CCNC(=O)c1ccc(Br)cc1)Nc1ccc(-c2cn3ccsc3n2)cc1. The van der Waals surface area contributed by atoms with Gasteiger partial charge in [-0.1, -0.05) is 28.1 Å². The molecule has 0 bridgehead atoms. The summed E-state index contributed by atoms with van der Waals surface area (Å²) in [6, 6.07) is 14.6. The highest BCUT2D eigenvalue weighted by Gasteiger charge is 2.08. The Kier molecular flexibility index (Phi) is 5.73. The van der Waals surface area contributed by atoms with Gasteiger partial charge in [-0.05, 0) is 36.4 Å². The van der Waals surface area contributed by atoms with Crippen LogP contribution in [0.5, 0.6) is 0 Å². The summed E-state index contributed by atoms with van der Waals surface area (Å²) in [4.78, 5) is 29.7. The summed E-state index contributed by atoms with van der Waals surface area (Å²) in [6.07, 6.45) is 4.15. The van der Waals surface area contributed by atoms with E-state index in [1.165, 1.54) is 0 Å². The maximum Gasteiger partial charge on any atom is 0.251 e. The number of carbonyl (C=O) groups is 2. The number of nitrogens with one attached hydrogen (secondary N) is 2. The first kappa shape index (κ1) is 19.4. The number of hydrogen-bond donors (Lipinski definition) is 2. The monoisotopic (exact) mass is 468 g/mol. The van der Waals surface area contributed by atoms with Crippen LogP contribution < -0.4 is 10.6 Å². The predicted molar refractivity (Wildman–Crippen MR) is 118 cm³/mol. The Morgan fingerprint density at radius 3 is 2.55 bits per heavy atom. The molecule has 2 amide bonds. The fourth-order valence-corrected chi connectivity index (χ4v) is 3.77. The van der Waals surface area contributed by atoms with E-state index in [0.29, 0.717) is 11.3 Å². The van der Waals surface area contributed by atoms with Gasteiger partial charge in [-0.15, -0.1) is 11.3 Å². The first-order valence-electron chi connectivity index (χ1n) is 8.95. The lowest BCUT2D eigenvalue weighted by Gasteiger charge is -2.07. The molecule has 0 saturated heterocycles. The Morgan fingerprint density at radius 1 is 1.07 bits per heavy atom. The molecule has 0 aliphatic carbocycles. The van der Waals surface area contributed by atoms with Crippen LogP contribution in [0, 0.1) is 0 Å². The van der Waals surface area contributed by atoms with Gasteiger partial charge in [0.25, 0.3) is 5.91 Å². The lowest BCUT2D eigenvalue weighted by Crippen LogP contribution is -2.27. The van der Waals surface area contributed by atoms with Crippen molar-refractivity contribution in [1.82, 2.24) is 14.7 Å². The molecule has 6 nitrogen and oxygen atoms in total. The number of benzene rings is 2. The quantitative estimate of drug-likeness (QED) is 0.434. The number of imidazole rings is 1. The number of halogens is 1. The van der Waals surface area contributed by atoms with Crippen LogP contribution >= 0.6 is 27.3 Å². The van der Waals surface area contributed by atoms with Gasteiger partial charge in [-0.3, -0.25) is 14.0 Å². The maximum absolute atomic E-state index is 12.1. The molecule has 0 aliphatic heterocycles. The number of thiazole rings is 1. The minimum Gasteiger partial charge on any atom is -0.352 e. The number of rotatable bonds is 6. The number of anilines is 1. The van der Waals surface area contributed by atoms with Crippen LogP contribution in [0.4, 0.5) is 5.69 Å². The van der Waals surface area contributed by atoms with Crippen molar-refractivity contribution in [3.05, 3.63) is 76.3 Å². The van der Waals surface area contributed by atoms with E-state index in [1.54, 1.807) is 35.6 Å². The van der Waals surface area contributed by atoms with Crippen molar-refractivity contribution >= 4 is 49.7 Å². The molecule has 2 N–H and O–H groups in total.